The van der Waals surface area contributed by atoms with Gasteiger partial charge in [0.25, 0.3) is 11.8 Å². The molecule has 1 aromatic carbocycles. The molecular weight excluding hydrogens is 372 g/mol. The summed E-state index contributed by atoms with van der Waals surface area (Å²) in [4.78, 5) is 45.2. The molecule has 2 aromatic rings. The van der Waals surface area contributed by atoms with Crippen LogP contribution in [0.4, 0.5) is 0 Å². The van der Waals surface area contributed by atoms with Gasteiger partial charge in [-0.1, -0.05) is 28.5 Å². The molecule has 0 atom stereocenters. The SMILES string of the molecule is Cc1ccc(SSc2cc(CC(=O)ON3C(=O)CCC3=O)ccn2)cc1. The number of hydrogen-bond acceptors (Lipinski definition) is 7. The van der Waals surface area contributed by atoms with E-state index in [1.54, 1.807) is 29.1 Å². The topological polar surface area (TPSA) is 76.6 Å². The largest absolute Gasteiger partial charge is 0.337 e. The van der Waals surface area contributed by atoms with Gasteiger partial charge < -0.3 is 4.84 Å². The molecule has 26 heavy (non-hydrogen) atoms. The molecule has 0 spiro atoms. The number of rotatable bonds is 6. The van der Waals surface area contributed by atoms with Crippen molar-refractivity contribution in [3.05, 3.63) is 53.7 Å². The molecule has 1 aromatic heterocycles. The first-order chi connectivity index (χ1) is 12.5. The van der Waals surface area contributed by atoms with Gasteiger partial charge >= 0.3 is 5.97 Å². The number of nitrogens with zero attached hydrogens (tertiary/aromatic N) is 2. The Labute approximate surface area is 158 Å². The third-order valence-electron chi connectivity index (χ3n) is 3.59. The van der Waals surface area contributed by atoms with Gasteiger partial charge in [-0.05, 0) is 47.5 Å². The molecule has 0 N–H and O–H groups in total. The van der Waals surface area contributed by atoms with Crippen LogP contribution in [0, 0.1) is 6.92 Å². The van der Waals surface area contributed by atoms with Crippen molar-refractivity contribution in [1.82, 2.24) is 10.0 Å². The van der Waals surface area contributed by atoms with E-state index >= 15 is 0 Å². The van der Waals surface area contributed by atoms with E-state index in [1.165, 1.54) is 16.4 Å². The Balaban J connectivity index is 1.56. The monoisotopic (exact) mass is 388 g/mol. The lowest BCUT2D eigenvalue weighted by atomic mass is 10.2. The maximum absolute atomic E-state index is 12.0. The molecule has 1 fully saturated rings. The molecule has 0 aliphatic carbocycles. The van der Waals surface area contributed by atoms with Crippen molar-refractivity contribution >= 4 is 39.4 Å². The molecule has 3 rings (SSSR count). The predicted molar refractivity (Wildman–Crippen MR) is 98.0 cm³/mol. The number of hydrogen-bond donors (Lipinski definition) is 0. The molecule has 134 valence electrons. The van der Waals surface area contributed by atoms with Crippen LogP contribution in [-0.2, 0) is 25.6 Å². The summed E-state index contributed by atoms with van der Waals surface area (Å²) in [5, 5.41) is 1.32. The molecule has 0 bridgehead atoms. The van der Waals surface area contributed by atoms with Crippen LogP contribution in [0.15, 0.2) is 52.5 Å². The first-order valence-electron chi connectivity index (χ1n) is 7.94. The van der Waals surface area contributed by atoms with Crippen molar-refractivity contribution in [1.29, 1.82) is 0 Å². The molecule has 0 unspecified atom stereocenters. The lowest BCUT2D eigenvalue weighted by Crippen LogP contribution is -2.32. The van der Waals surface area contributed by atoms with Crippen LogP contribution < -0.4 is 0 Å². The molecule has 2 amide bonds. The van der Waals surface area contributed by atoms with E-state index in [-0.39, 0.29) is 19.3 Å². The maximum Gasteiger partial charge on any atom is 0.337 e. The van der Waals surface area contributed by atoms with Gasteiger partial charge in [-0.15, -0.1) is 5.06 Å². The number of amides is 2. The van der Waals surface area contributed by atoms with Crippen molar-refractivity contribution < 1.29 is 19.2 Å². The number of carbonyl (C=O) groups is 3. The van der Waals surface area contributed by atoms with Crippen LogP contribution in [0.25, 0.3) is 0 Å². The quantitative estimate of drug-likeness (QED) is 0.555. The Morgan fingerprint density at radius 2 is 1.81 bits per heavy atom. The lowest BCUT2D eigenvalue weighted by Gasteiger charge is -2.12. The van der Waals surface area contributed by atoms with Crippen LogP contribution in [0.2, 0.25) is 0 Å². The third kappa shape index (κ3) is 4.86. The van der Waals surface area contributed by atoms with E-state index in [0.717, 1.165) is 9.92 Å². The predicted octanol–water partition coefficient (Wildman–Crippen LogP) is 3.34. The second-order valence-electron chi connectivity index (χ2n) is 5.70. The number of imide groups is 1. The van der Waals surface area contributed by atoms with Crippen LogP contribution in [-0.4, -0.2) is 27.8 Å². The van der Waals surface area contributed by atoms with Crippen LogP contribution >= 0.6 is 21.6 Å². The second kappa shape index (κ2) is 8.37. The third-order valence-corrected chi connectivity index (χ3v) is 5.87. The summed E-state index contributed by atoms with van der Waals surface area (Å²) in [5.74, 6) is -1.62. The standard InChI is InChI=1S/C18H16N2O4S2/c1-12-2-4-14(5-3-12)25-26-15-10-13(8-9-19-15)11-18(23)24-20-16(21)6-7-17(20)22/h2-5,8-10H,6-7,11H2,1H3. The van der Waals surface area contributed by atoms with Gasteiger partial charge in [-0.3, -0.25) is 9.59 Å². The Morgan fingerprint density at radius 3 is 2.50 bits per heavy atom. The maximum atomic E-state index is 12.0. The van der Waals surface area contributed by atoms with Crippen LogP contribution in [0.5, 0.6) is 0 Å². The number of aryl methyl sites for hydroxylation is 1. The molecule has 0 radical (unpaired) electrons. The highest BCUT2D eigenvalue weighted by Crippen LogP contribution is 2.36. The average Bonchev–Trinajstić information content (AvgIpc) is 2.93. The summed E-state index contributed by atoms with van der Waals surface area (Å²) in [6.07, 6.45) is 1.74. The summed E-state index contributed by atoms with van der Waals surface area (Å²) < 4.78 is 0. The van der Waals surface area contributed by atoms with Crippen molar-refractivity contribution in [3.8, 4) is 0 Å². The van der Waals surface area contributed by atoms with E-state index in [1.807, 2.05) is 31.2 Å². The van der Waals surface area contributed by atoms with Crippen molar-refractivity contribution in [2.24, 2.45) is 0 Å². The van der Waals surface area contributed by atoms with Crippen LogP contribution in [0.1, 0.15) is 24.0 Å². The van der Waals surface area contributed by atoms with Crippen LogP contribution in [0.3, 0.4) is 0 Å². The molecule has 8 heteroatoms. The summed E-state index contributed by atoms with van der Waals surface area (Å²) in [6, 6.07) is 11.7. The fraction of sp³-hybridized carbons (Fsp3) is 0.222. The van der Waals surface area contributed by atoms with Gasteiger partial charge in [0, 0.05) is 23.9 Å². The first-order valence-corrected chi connectivity index (χ1v) is 10.1. The summed E-state index contributed by atoms with van der Waals surface area (Å²) >= 11 is 0. The fourth-order valence-corrected chi connectivity index (χ4v) is 4.13. The molecule has 6 nitrogen and oxygen atoms in total. The van der Waals surface area contributed by atoms with E-state index in [9.17, 15) is 14.4 Å². The summed E-state index contributed by atoms with van der Waals surface area (Å²) in [6.45, 7) is 2.04. The number of pyridine rings is 1. The van der Waals surface area contributed by atoms with Gasteiger partial charge in [0.2, 0.25) is 0 Å². The number of hydroxylamine groups is 2. The Morgan fingerprint density at radius 1 is 1.12 bits per heavy atom. The zero-order valence-corrected chi connectivity index (χ0v) is 15.6. The zero-order valence-electron chi connectivity index (χ0n) is 14.0. The van der Waals surface area contributed by atoms with Crippen molar-refractivity contribution in [2.75, 3.05) is 0 Å². The zero-order chi connectivity index (χ0) is 18.5. The highest BCUT2D eigenvalue weighted by molar-refractivity contribution is 8.76. The molecule has 1 aliphatic heterocycles. The smallest absolute Gasteiger partial charge is 0.330 e. The minimum Gasteiger partial charge on any atom is -0.330 e. The Hall–Kier alpha value is -2.32. The van der Waals surface area contributed by atoms with Gasteiger partial charge in [0.1, 0.15) is 5.03 Å². The van der Waals surface area contributed by atoms with E-state index < -0.39 is 17.8 Å². The molecule has 2 heterocycles. The minimum absolute atomic E-state index is 0.0393. The second-order valence-corrected chi connectivity index (χ2v) is 7.93. The molecule has 0 saturated carbocycles. The lowest BCUT2D eigenvalue weighted by molar-refractivity contribution is -0.197. The van der Waals surface area contributed by atoms with Gasteiger partial charge in [0.15, 0.2) is 0 Å². The molecule has 1 aliphatic rings. The Kier molecular flexibility index (Phi) is 5.95. The first kappa shape index (κ1) is 18.5. The van der Waals surface area contributed by atoms with E-state index in [2.05, 4.69) is 4.98 Å². The highest BCUT2D eigenvalue weighted by Gasteiger charge is 2.32. The fourth-order valence-electron chi connectivity index (χ4n) is 2.25. The van der Waals surface area contributed by atoms with Gasteiger partial charge in [-0.25, -0.2) is 9.78 Å². The normalized spacial score (nSPS) is 14.0. The van der Waals surface area contributed by atoms with E-state index in [0.29, 0.717) is 10.6 Å². The van der Waals surface area contributed by atoms with E-state index in [4.69, 9.17) is 4.84 Å². The van der Waals surface area contributed by atoms with Gasteiger partial charge in [-0.2, -0.15) is 0 Å². The minimum atomic E-state index is -0.651. The number of aromatic nitrogens is 1. The van der Waals surface area contributed by atoms with Gasteiger partial charge in [0.05, 0.1) is 6.42 Å². The molecular formula is C18H16N2O4S2. The summed E-state index contributed by atoms with van der Waals surface area (Å²) in [5.41, 5.74) is 1.91. The number of benzene rings is 1. The van der Waals surface area contributed by atoms with Crippen molar-refractivity contribution in [2.45, 2.75) is 36.1 Å². The average molecular weight is 388 g/mol. The highest BCUT2D eigenvalue weighted by atomic mass is 33.1. The molecule has 1 saturated heterocycles. The Bertz CT molecular complexity index is 823. The van der Waals surface area contributed by atoms with Crippen molar-refractivity contribution in [3.63, 3.8) is 0 Å². The summed E-state index contributed by atoms with van der Waals surface area (Å²) in [7, 11) is 3.07. The number of carbonyl (C=O) groups excluding carboxylic acids is 3.